The summed E-state index contributed by atoms with van der Waals surface area (Å²) in [5.41, 5.74) is 0. The third kappa shape index (κ3) is 12.0. The highest BCUT2D eigenvalue weighted by molar-refractivity contribution is 6.27. The zero-order chi connectivity index (χ0) is 12.9. The first-order chi connectivity index (χ1) is 8.18. The Morgan fingerprint density at radius 1 is 1.00 bits per heavy atom. The van der Waals surface area contributed by atoms with E-state index < -0.39 is 11.6 Å². The summed E-state index contributed by atoms with van der Waals surface area (Å²) in [4.78, 5) is 10.6. The summed E-state index contributed by atoms with van der Waals surface area (Å²) in [5, 5.41) is -0.580. The fraction of sp³-hybridized carbons (Fsp3) is 0.929. The summed E-state index contributed by atoms with van der Waals surface area (Å²) in [6.07, 6.45) is 12.8. The molecule has 1 atom stereocenters. The molecular weight excluding hydrogens is 220 g/mol. The maximum Gasteiger partial charge on any atom is 0.137 e. The molecule has 2 heteroatoms. The number of rotatable bonds is 12. The normalized spacial score (nSPS) is 13.5. The van der Waals surface area contributed by atoms with Gasteiger partial charge in [0.25, 0.3) is 0 Å². The van der Waals surface area contributed by atoms with Crippen molar-refractivity contribution in [1.82, 2.24) is 0 Å². The lowest BCUT2D eigenvalue weighted by atomic mass is 10.1. The summed E-state index contributed by atoms with van der Waals surface area (Å²) >= 11 is 5.69. The predicted molar refractivity (Wildman–Crippen MR) is 72.2 cm³/mol. The lowest BCUT2D eigenvalue weighted by molar-refractivity contribution is -0.107. The number of hydrogen-bond acceptors (Lipinski definition) is 1. The number of hydrogen-bond donors (Lipinski definition) is 0. The van der Waals surface area contributed by atoms with E-state index in [1.807, 2.05) is 0 Å². The molecule has 0 saturated carbocycles. The van der Waals surface area contributed by atoms with Crippen molar-refractivity contribution in [2.24, 2.45) is 0 Å². The number of carbonyl (C=O) groups is 1. The maximum absolute atomic E-state index is 10.6. The average Bonchev–Trinajstić information content (AvgIpc) is 2.31. The maximum atomic E-state index is 10.6. The Labute approximate surface area is 107 Å². The summed E-state index contributed by atoms with van der Waals surface area (Å²) in [5.74, 6) is 0. The Balaban J connectivity index is 3.06. The number of halogens is 1. The van der Waals surface area contributed by atoms with E-state index in [4.69, 9.17) is 13.0 Å². The Hall–Kier alpha value is -0.0400. The molecule has 0 rings (SSSR count). The summed E-state index contributed by atoms with van der Waals surface area (Å²) in [6, 6.07) is 0. The second-order valence-corrected chi connectivity index (χ2v) is 5.08. The van der Waals surface area contributed by atoms with E-state index in [1.165, 1.54) is 51.4 Å². The molecule has 0 saturated heterocycles. The van der Waals surface area contributed by atoms with Crippen LogP contribution in [-0.2, 0) is 4.79 Å². The Bertz CT molecular complexity index is 185. The minimum Gasteiger partial charge on any atom is -0.302 e. The molecule has 0 aliphatic heterocycles. The van der Waals surface area contributed by atoms with Crippen LogP contribution in [0, 0.1) is 0 Å². The molecule has 0 fully saturated rings. The smallest absolute Gasteiger partial charge is 0.137 e. The highest BCUT2D eigenvalue weighted by Crippen LogP contribution is 2.12. The van der Waals surface area contributed by atoms with Crippen LogP contribution in [0.5, 0.6) is 0 Å². The summed E-state index contributed by atoms with van der Waals surface area (Å²) in [6.45, 7) is 2.24. The third-order valence-electron chi connectivity index (χ3n) is 2.94. The van der Waals surface area contributed by atoms with Crippen molar-refractivity contribution in [2.45, 2.75) is 82.9 Å². The molecule has 0 amide bonds. The van der Waals surface area contributed by atoms with Crippen LogP contribution in [-0.4, -0.2) is 11.6 Å². The zero-order valence-electron chi connectivity index (χ0n) is 11.6. The van der Waals surface area contributed by atoms with Crippen LogP contribution in [0.25, 0.3) is 0 Å². The molecule has 1 unspecified atom stereocenters. The van der Waals surface area contributed by atoms with Crippen LogP contribution in [0.4, 0.5) is 0 Å². The average molecular weight is 248 g/mol. The van der Waals surface area contributed by atoms with Gasteiger partial charge in [-0.05, 0) is 6.42 Å². The van der Waals surface area contributed by atoms with Gasteiger partial charge in [-0.2, -0.15) is 0 Å². The Morgan fingerprint density at radius 3 is 1.88 bits per heavy atom. The molecule has 0 heterocycles. The molecule has 0 aliphatic carbocycles. The van der Waals surface area contributed by atoms with Crippen LogP contribution in [0.15, 0.2) is 0 Å². The second kappa shape index (κ2) is 13.0. The van der Waals surface area contributed by atoms with Gasteiger partial charge in [0.15, 0.2) is 0 Å². The molecular formula is C14H27ClO. The standard InChI is InChI=1S/C14H27ClO/c1-2-3-4-5-6-7-8-9-10-11-12-14(15)13-16/h13-14H,2-12H2,1H3/i13D. The van der Waals surface area contributed by atoms with Gasteiger partial charge in [0.1, 0.15) is 7.63 Å². The van der Waals surface area contributed by atoms with Crippen molar-refractivity contribution in [2.75, 3.05) is 0 Å². The van der Waals surface area contributed by atoms with Crippen LogP contribution < -0.4 is 0 Å². The molecule has 0 N–H and O–H groups in total. The number of carbonyl (C=O) groups excluding carboxylic acids is 1. The van der Waals surface area contributed by atoms with Crippen molar-refractivity contribution in [3.63, 3.8) is 0 Å². The highest BCUT2D eigenvalue weighted by Gasteiger charge is 2.00. The molecule has 96 valence electrons. The number of aldehydes is 1. The first kappa shape index (κ1) is 14.0. The number of alkyl halides is 1. The van der Waals surface area contributed by atoms with Gasteiger partial charge < -0.3 is 4.79 Å². The van der Waals surface area contributed by atoms with Crippen molar-refractivity contribution in [1.29, 1.82) is 0 Å². The molecule has 0 radical (unpaired) electrons. The molecule has 0 spiro atoms. The lowest BCUT2D eigenvalue weighted by Gasteiger charge is -2.03. The van der Waals surface area contributed by atoms with Crippen LogP contribution in [0.3, 0.4) is 0 Å². The van der Waals surface area contributed by atoms with E-state index in [0.717, 1.165) is 12.8 Å². The van der Waals surface area contributed by atoms with E-state index >= 15 is 0 Å². The van der Waals surface area contributed by atoms with Gasteiger partial charge in [0, 0.05) is 0 Å². The van der Waals surface area contributed by atoms with E-state index in [1.54, 1.807) is 0 Å². The van der Waals surface area contributed by atoms with Crippen molar-refractivity contribution < 1.29 is 6.17 Å². The van der Waals surface area contributed by atoms with E-state index in [0.29, 0.717) is 6.42 Å². The highest BCUT2D eigenvalue weighted by atomic mass is 35.5. The summed E-state index contributed by atoms with van der Waals surface area (Å²) in [7, 11) is 0. The van der Waals surface area contributed by atoms with Crippen LogP contribution in [0.1, 0.15) is 78.9 Å². The van der Waals surface area contributed by atoms with Crippen LogP contribution in [0.2, 0.25) is 0 Å². The van der Waals surface area contributed by atoms with Crippen molar-refractivity contribution >= 4 is 17.9 Å². The van der Waals surface area contributed by atoms with Gasteiger partial charge in [-0.1, -0.05) is 71.1 Å². The summed E-state index contributed by atoms with van der Waals surface area (Å²) < 4.78 is 6.84. The molecule has 0 aliphatic rings. The van der Waals surface area contributed by atoms with Crippen molar-refractivity contribution in [3.8, 4) is 0 Å². The van der Waals surface area contributed by atoms with E-state index in [-0.39, 0.29) is 0 Å². The van der Waals surface area contributed by atoms with Crippen molar-refractivity contribution in [3.05, 3.63) is 0 Å². The Kier molecular flexibility index (Phi) is 11.4. The third-order valence-corrected chi connectivity index (χ3v) is 3.25. The molecule has 0 aromatic heterocycles. The fourth-order valence-corrected chi connectivity index (χ4v) is 2.02. The largest absolute Gasteiger partial charge is 0.302 e. The quantitative estimate of drug-likeness (QED) is 0.266. The molecule has 0 aromatic rings. The minimum atomic E-state index is -0.636. The van der Waals surface area contributed by atoms with Crippen LogP contribution >= 0.6 is 11.6 Å². The molecule has 16 heavy (non-hydrogen) atoms. The molecule has 0 aromatic carbocycles. The molecule has 0 bridgehead atoms. The number of unbranched alkanes of at least 4 members (excludes halogenated alkanes) is 9. The predicted octanol–water partition coefficient (Wildman–Crippen LogP) is 5.10. The first-order valence-corrected chi connectivity index (χ1v) is 7.26. The van der Waals surface area contributed by atoms with Gasteiger partial charge in [0.05, 0.1) is 5.38 Å². The van der Waals surface area contributed by atoms with Gasteiger partial charge >= 0.3 is 0 Å². The van der Waals surface area contributed by atoms with Gasteiger partial charge in [-0.15, -0.1) is 11.6 Å². The second-order valence-electron chi connectivity index (χ2n) is 4.56. The van der Waals surface area contributed by atoms with Gasteiger partial charge in [-0.3, -0.25) is 0 Å². The fourth-order valence-electron chi connectivity index (χ4n) is 1.87. The van der Waals surface area contributed by atoms with E-state index in [2.05, 4.69) is 6.92 Å². The SMILES string of the molecule is [2H]C(=O)C(Cl)CCCCCCCCCCCC. The topological polar surface area (TPSA) is 17.1 Å². The zero-order valence-corrected chi connectivity index (χ0v) is 11.4. The minimum absolute atomic E-state index is 0.580. The van der Waals surface area contributed by atoms with Gasteiger partial charge in [0.2, 0.25) is 0 Å². The van der Waals surface area contributed by atoms with Gasteiger partial charge in [-0.25, -0.2) is 0 Å². The monoisotopic (exact) mass is 247 g/mol. The van der Waals surface area contributed by atoms with E-state index in [9.17, 15) is 4.79 Å². The Morgan fingerprint density at radius 2 is 1.44 bits per heavy atom. The first-order valence-electron chi connectivity index (χ1n) is 7.33. The molecule has 1 nitrogen and oxygen atoms in total. The lowest BCUT2D eigenvalue weighted by Crippen LogP contribution is -1.98.